The molecule has 0 amide bonds. The van der Waals surface area contributed by atoms with Crippen molar-refractivity contribution in [3.05, 3.63) is 184 Å². The number of aryl methyl sites for hydroxylation is 1. The van der Waals surface area contributed by atoms with Gasteiger partial charge in [-0.15, -0.1) is 0 Å². The largest absolute Gasteiger partial charge is 0.422 e. The van der Waals surface area contributed by atoms with Gasteiger partial charge in [-0.05, 0) is 116 Å². The minimum atomic E-state index is -0.373. The summed E-state index contributed by atoms with van der Waals surface area (Å²) in [5, 5.41) is 11.7. The maximum absolute atomic E-state index is 14.5. The Morgan fingerprint density at radius 3 is 1.40 bits per heavy atom. The zero-order chi connectivity index (χ0) is 42.8. The summed E-state index contributed by atoms with van der Waals surface area (Å²) in [5.74, 6) is 0. The van der Waals surface area contributed by atoms with E-state index in [0.29, 0.717) is 22.3 Å². The number of anilines is 1. The second-order valence-corrected chi connectivity index (χ2v) is 16.6. The van der Waals surface area contributed by atoms with E-state index < -0.39 is 0 Å². The van der Waals surface area contributed by atoms with Gasteiger partial charge in [0.15, 0.2) is 0 Å². The monoisotopic (exact) mass is 819 g/mol. The van der Waals surface area contributed by atoms with Gasteiger partial charge in [0.2, 0.25) is 0 Å². The highest BCUT2D eigenvalue weighted by molar-refractivity contribution is 6.30. The quantitative estimate of drug-likeness (QED) is 0.0824. The molecule has 0 aliphatic heterocycles. The molecule has 63 heavy (non-hydrogen) atoms. The second-order valence-electron chi connectivity index (χ2n) is 16.6. The third kappa shape index (κ3) is 6.13. The predicted molar refractivity (Wildman–Crippen MR) is 265 cm³/mol. The smallest absolute Gasteiger partial charge is 0.344 e. The van der Waals surface area contributed by atoms with Crippen molar-refractivity contribution in [3.8, 4) is 33.4 Å². The van der Waals surface area contributed by atoms with Crippen molar-refractivity contribution in [2.24, 2.45) is 0 Å². The van der Waals surface area contributed by atoms with Crippen LogP contribution in [0, 0.1) is 0 Å². The van der Waals surface area contributed by atoms with Crippen molar-refractivity contribution in [3.63, 3.8) is 0 Å². The molecule has 5 heteroatoms. The standard InChI is InChI=1S/C58H45NO4/c1-4-7-17-35-18-16-27-48-39(35)31-29-37-33-50(58(61)63-56(37)48)53-42-21-10-14-25-46(42)55(47-26-15-11-22-43(47)53)54-44-23-12-8-19-40(44)52(41-20-9-13-24-45(41)54)49-32-36-28-30-38(59(5-2)6-3)34-51(36)62-57(49)60/h8-16,18-34H,4-7,17H2,1-3H3. The first kappa shape index (κ1) is 38.4. The summed E-state index contributed by atoms with van der Waals surface area (Å²) in [5.41, 5.74) is 7.62. The fourth-order valence-corrected chi connectivity index (χ4v) is 10.2. The number of unbranched alkanes of at least 4 members (excludes halogenated alkanes) is 1. The molecule has 0 N–H and O–H groups in total. The van der Waals surface area contributed by atoms with E-state index in [9.17, 15) is 9.59 Å². The van der Waals surface area contributed by atoms with Crippen molar-refractivity contribution in [2.45, 2.75) is 40.0 Å². The Labute approximate surface area is 364 Å². The van der Waals surface area contributed by atoms with Crippen molar-refractivity contribution < 1.29 is 8.83 Å². The van der Waals surface area contributed by atoms with Crippen LogP contribution < -0.4 is 16.2 Å². The van der Waals surface area contributed by atoms with Crippen LogP contribution in [0.5, 0.6) is 0 Å². The fourth-order valence-electron chi connectivity index (χ4n) is 10.2. The number of benzene rings is 9. The molecule has 0 saturated carbocycles. The van der Waals surface area contributed by atoms with Crippen molar-refractivity contribution >= 4 is 81.5 Å². The van der Waals surface area contributed by atoms with Crippen LogP contribution in [0.25, 0.3) is 109 Å². The molecule has 5 nitrogen and oxygen atoms in total. The molecule has 2 aromatic heterocycles. The number of nitrogens with zero attached hydrogens (tertiary/aromatic N) is 1. The molecule has 11 aromatic rings. The van der Waals surface area contributed by atoms with Gasteiger partial charge >= 0.3 is 11.3 Å². The minimum Gasteiger partial charge on any atom is -0.422 e. The van der Waals surface area contributed by atoms with Gasteiger partial charge < -0.3 is 13.7 Å². The SMILES string of the molecule is CCCCc1cccc2c1ccc1cc(-c3c4ccccc4c(-c4c5ccccc5c(-c5cc6ccc(N(CC)CC)cc6oc5=O)c5ccccc45)c4ccccc34)c(=O)oc12. The lowest BCUT2D eigenvalue weighted by Gasteiger charge is -2.22. The highest BCUT2D eigenvalue weighted by Crippen LogP contribution is 2.50. The Morgan fingerprint density at radius 1 is 0.429 bits per heavy atom. The molecular formula is C58H45NO4. The van der Waals surface area contributed by atoms with E-state index in [0.717, 1.165) is 125 Å². The first-order chi connectivity index (χ1) is 31.0. The zero-order valence-electron chi connectivity index (χ0n) is 35.6. The topological polar surface area (TPSA) is 63.7 Å². The number of rotatable bonds is 9. The molecule has 0 fully saturated rings. The molecule has 0 saturated heterocycles. The summed E-state index contributed by atoms with van der Waals surface area (Å²) in [4.78, 5) is 31.0. The summed E-state index contributed by atoms with van der Waals surface area (Å²) in [6.45, 7) is 8.18. The van der Waals surface area contributed by atoms with Crippen LogP contribution in [-0.4, -0.2) is 13.1 Å². The molecule has 0 radical (unpaired) electrons. The lowest BCUT2D eigenvalue weighted by Crippen LogP contribution is -2.21. The number of hydrogen-bond acceptors (Lipinski definition) is 5. The fraction of sp³-hybridized carbons (Fsp3) is 0.138. The van der Waals surface area contributed by atoms with E-state index in [-0.39, 0.29) is 11.3 Å². The Kier molecular flexibility index (Phi) is 9.42. The Hall–Kier alpha value is -7.50. The molecule has 0 aliphatic carbocycles. The normalized spacial score (nSPS) is 11.9. The van der Waals surface area contributed by atoms with Crippen LogP contribution in [0.3, 0.4) is 0 Å². The maximum Gasteiger partial charge on any atom is 0.344 e. The van der Waals surface area contributed by atoms with Crippen molar-refractivity contribution in [2.75, 3.05) is 18.0 Å². The molecule has 0 unspecified atom stereocenters. The van der Waals surface area contributed by atoms with Gasteiger partial charge in [-0.1, -0.05) is 141 Å². The Bertz CT molecular complexity index is 3650. The van der Waals surface area contributed by atoms with Gasteiger partial charge in [0.25, 0.3) is 0 Å². The van der Waals surface area contributed by atoms with Gasteiger partial charge in [-0.3, -0.25) is 0 Å². The minimum absolute atomic E-state index is 0.365. The Balaban J connectivity index is 1.18. The van der Waals surface area contributed by atoms with Crippen LogP contribution in [-0.2, 0) is 6.42 Å². The summed E-state index contributed by atoms with van der Waals surface area (Å²) in [6.07, 6.45) is 3.20. The summed E-state index contributed by atoms with van der Waals surface area (Å²) >= 11 is 0. The summed E-state index contributed by atoms with van der Waals surface area (Å²) < 4.78 is 12.5. The first-order valence-electron chi connectivity index (χ1n) is 22.2. The third-order valence-electron chi connectivity index (χ3n) is 13.1. The average Bonchev–Trinajstić information content (AvgIpc) is 3.32. The maximum atomic E-state index is 14.5. The van der Waals surface area contributed by atoms with E-state index in [4.69, 9.17) is 8.83 Å². The second kappa shape index (κ2) is 15.4. The lowest BCUT2D eigenvalue weighted by molar-refractivity contribution is 0.563. The van der Waals surface area contributed by atoms with E-state index in [1.54, 1.807) is 0 Å². The van der Waals surface area contributed by atoms with Crippen LogP contribution in [0.15, 0.2) is 176 Å². The van der Waals surface area contributed by atoms with Crippen molar-refractivity contribution in [1.82, 2.24) is 0 Å². The van der Waals surface area contributed by atoms with Crippen LogP contribution in [0.1, 0.15) is 39.2 Å². The molecule has 306 valence electrons. The molecule has 9 aromatic carbocycles. The predicted octanol–water partition coefficient (Wildman–Crippen LogP) is 14.9. The highest BCUT2D eigenvalue weighted by atomic mass is 16.4. The number of hydrogen-bond donors (Lipinski definition) is 0. The van der Waals surface area contributed by atoms with Gasteiger partial charge in [0, 0.05) is 52.1 Å². The van der Waals surface area contributed by atoms with Gasteiger partial charge in [0.1, 0.15) is 11.2 Å². The van der Waals surface area contributed by atoms with Crippen molar-refractivity contribution in [1.29, 1.82) is 0 Å². The average molecular weight is 820 g/mol. The van der Waals surface area contributed by atoms with Gasteiger partial charge in [0.05, 0.1) is 11.1 Å². The van der Waals surface area contributed by atoms with Gasteiger partial charge in [-0.2, -0.15) is 0 Å². The van der Waals surface area contributed by atoms with E-state index in [1.807, 2.05) is 42.5 Å². The molecule has 0 spiro atoms. The summed E-state index contributed by atoms with van der Waals surface area (Å²) in [6, 6.07) is 54.3. The molecule has 0 aliphatic rings. The van der Waals surface area contributed by atoms with Crippen LogP contribution >= 0.6 is 0 Å². The number of fused-ring (bicyclic) bond motifs is 8. The molecule has 2 heterocycles. The van der Waals surface area contributed by atoms with Crippen LogP contribution in [0.2, 0.25) is 0 Å². The molecule has 11 rings (SSSR count). The third-order valence-corrected chi connectivity index (χ3v) is 13.1. The first-order valence-corrected chi connectivity index (χ1v) is 22.2. The molecule has 0 atom stereocenters. The van der Waals surface area contributed by atoms with E-state index in [2.05, 4.69) is 141 Å². The van der Waals surface area contributed by atoms with E-state index >= 15 is 0 Å². The summed E-state index contributed by atoms with van der Waals surface area (Å²) in [7, 11) is 0. The Morgan fingerprint density at radius 2 is 0.889 bits per heavy atom. The van der Waals surface area contributed by atoms with Gasteiger partial charge in [-0.25, -0.2) is 9.59 Å². The highest BCUT2D eigenvalue weighted by Gasteiger charge is 2.25. The zero-order valence-corrected chi connectivity index (χ0v) is 35.6. The van der Waals surface area contributed by atoms with Crippen LogP contribution in [0.4, 0.5) is 5.69 Å². The molecular weight excluding hydrogens is 775 g/mol. The lowest BCUT2D eigenvalue weighted by atomic mass is 9.81. The van der Waals surface area contributed by atoms with E-state index in [1.165, 1.54) is 5.56 Å². The molecule has 0 bridgehead atoms.